The largest absolute Gasteiger partial charge is 0.357 e. The number of benzene rings is 1. The fourth-order valence-electron chi connectivity index (χ4n) is 5.67. The van der Waals surface area contributed by atoms with E-state index in [9.17, 15) is 13.6 Å². The molecule has 1 saturated heterocycles. The second-order valence-electron chi connectivity index (χ2n) is 10.8. The molecule has 0 aliphatic carbocycles. The summed E-state index contributed by atoms with van der Waals surface area (Å²) in [5.41, 5.74) is 1.65. The number of pyridine rings is 1. The number of amides is 1. The molecule has 6 rings (SSSR count). The molecule has 0 radical (unpaired) electrons. The summed E-state index contributed by atoms with van der Waals surface area (Å²) in [4.78, 5) is 34.2. The third-order valence-corrected chi connectivity index (χ3v) is 7.87. The number of carbonyl (C=O) groups is 1. The van der Waals surface area contributed by atoms with E-state index < -0.39 is 11.6 Å². The van der Waals surface area contributed by atoms with Gasteiger partial charge < -0.3 is 9.47 Å². The summed E-state index contributed by atoms with van der Waals surface area (Å²) in [5, 5.41) is 0. The SMILES string of the molecule is CCN1C(=O)c2nc(-c3ccc(N4CCCCC4)nc3)n(Cc3ccc(F)c(F)c3)c2N2C[C@@H](C(C)C)N=C12. The van der Waals surface area contributed by atoms with Crippen LogP contribution in [0.5, 0.6) is 0 Å². The van der Waals surface area contributed by atoms with Crippen LogP contribution < -0.4 is 9.80 Å². The van der Waals surface area contributed by atoms with Crippen molar-refractivity contribution in [3.8, 4) is 11.4 Å². The Kier molecular flexibility index (Phi) is 6.56. The molecule has 5 heterocycles. The van der Waals surface area contributed by atoms with Gasteiger partial charge in [-0.2, -0.15) is 0 Å². The van der Waals surface area contributed by atoms with Crippen molar-refractivity contribution in [3.05, 3.63) is 59.4 Å². The number of fused-ring (bicyclic) bond motifs is 3. The maximum atomic E-state index is 14.2. The first kappa shape index (κ1) is 25.5. The van der Waals surface area contributed by atoms with Crippen molar-refractivity contribution in [1.29, 1.82) is 0 Å². The smallest absolute Gasteiger partial charge is 0.283 e. The number of imidazole rings is 1. The highest BCUT2D eigenvalue weighted by Gasteiger charge is 2.44. The van der Waals surface area contributed by atoms with Crippen LogP contribution in [0.1, 0.15) is 56.1 Å². The number of rotatable bonds is 6. The van der Waals surface area contributed by atoms with Crippen LogP contribution in [-0.2, 0) is 6.54 Å². The van der Waals surface area contributed by atoms with Crippen LogP contribution in [-0.4, -0.2) is 63.5 Å². The van der Waals surface area contributed by atoms with Crippen LogP contribution >= 0.6 is 0 Å². The second-order valence-corrected chi connectivity index (χ2v) is 10.8. The maximum absolute atomic E-state index is 14.2. The predicted octanol–water partition coefficient (Wildman–Crippen LogP) is 4.94. The molecule has 2 aromatic heterocycles. The van der Waals surface area contributed by atoms with Crippen molar-refractivity contribution >= 4 is 23.5 Å². The van der Waals surface area contributed by atoms with Crippen molar-refractivity contribution in [2.75, 3.05) is 36.0 Å². The minimum absolute atomic E-state index is 0.0216. The summed E-state index contributed by atoms with van der Waals surface area (Å²) in [7, 11) is 0. The van der Waals surface area contributed by atoms with Gasteiger partial charge in [0.1, 0.15) is 17.5 Å². The van der Waals surface area contributed by atoms with Gasteiger partial charge in [0.05, 0.1) is 19.1 Å². The standard InChI is InChI=1S/C29H33F2N7O/c1-4-36-28(39)25-27(38-17-23(18(2)3)33-29(36)38)37(16-19-8-10-21(30)22(31)14-19)26(34-25)20-9-11-24(32-15-20)35-12-6-5-7-13-35/h8-11,14-15,18,23H,4-7,12-13,16-17H2,1-3H3/t23-/m0/s1. The topological polar surface area (TPSA) is 69.9 Å². The van der Waals surface area contributed by atoms with E-state index in [0.717, 1.165) is 43.4 Å². The number of piperidine rings is 1. The van der Waals surface area contributed by atoms with E-state index in [1.165, 1.54) is 12.5 Å². The molecule has 39 heavy (non-hydrogen) atoms. The quantitative estimate of drug-likeness (QED) is 0.449. The van der Waals surface area contributed by atoms with Gasteiger partial charge >= 0.3 is 0 Å². The molecular formula is C29H33F2N7O. The number of nitrogens with zero attached hydrogens (tertiary/aromatic N) is 7. The van der Waals surface area contributed by atoms with Crippen LogP contribution in [0.4, 0.5) is 20.4 Å². The van der Waals surface area contributed by atoms with E-state index >= 15 is 0 Å². The van der Waals surface area contributed by atoms with Crippen molar-refractivity contribution in [1.82, 2.24) is 19.4 Å². The Morgan fingerprint density at radius 2 is 1.85 bits per heavy atom. The normalized spacial score (nSPS) is 19.0. The minimum Gasteiger partial charge on any atom is -0.357 e. The van der Waals surface area contributed by atoms with Gasteiger partial charge in [-0.1, -0.05) is 19.9 Å². The molecule has 1 atom stereocenters. The molecule has 3 aliphatic rings. The summed E-state index contributed by atoms with van der Waals surface area (Å²) in [5.74, 6) is 0.990. The lowest BCUT2D eigenvalue weighted by molar-refractivity contribution is 0.0841. The number of carbonyl (C=O) groups excluding carboxylic acids is 1. The molecule has 1 amide bonds. The number of hydrogen-bond acceptors (Lipinski definition) is 6. The van der Waals surface area contributed by atoms with E-state index in [0.29, 0.717) is 41.9 Å². The molecule has 0 saturated carbocycles. The van der Waals surface area contributed by atoms with Gasteiger partial charge in [-0.25, -0.2) is 23.7 Å². The third-order valence-electron chi connectivity index (χ3n) is 7.87. The first-order valence-corrected chi connectivity index (χ1v) is 13.8. The van der Waals surface area contributed by atoms with E-state index in [1.807, 2.05) is 23.6 Å². The molecule has 204 valence electrons. The van der Waals surface area contributed by atoms with Gasteiger partial charge in [0, 0.05) is 31.4 Å². The highest BCUT2D eigenvalue weighted by atomic mass is 19.2. The van der Waals surface area contributed by atoms with Gasteiger partial charge in [-0.3, -0.25) is 14.6 Å². The zero-order chi connectivity index (χ0) is 27.3. The predicted molar refractivity (Wildman–Crippen MR) is 147 cm³/mol. The lowest BCUT2D eigenvalue weighted by atomic mass is 10.1. The van der Waals surface area contributed by atoms with Gasteiger partial charge in [0.15, 0.2) is 17.3 Å². The minimum atomic E-state index is -0.910. The molecule has 0 spiro atoms. The maximum Gasteiger partial charge on any atom is 0.283 e. The van der Waals surface area contributed by atoms with E-state index in [2.05, 4.69) is 23.6 Å². The van der Waals surface area contributed by atoms with Crippen molar-refractivity contribution < 1.29 is 13.6 Å². The van der Waals surface area contributed by atoms with Crippen LogP contribution in [0.25, 0.3) is 11.4 Å². The number of hydrogen-bond donors (Lipinski definition) is 0. The summed E-state index contributed by atoms with van der Waals surface area (Å²) >= 11 is 0. The summed E-state index contributed by atoms with van der Waals surface area (Å²) in [6, 6.07) is 7.88. The summed E-state index contributed by atoms with van der Waals surface area (Å²) in [6.07, 6.45) is 5.34. The van der Waals surface area contributed by atoms with E-state index in [-0.39, 0.29) is 24.4 Å². The summed E-state index contributed by atoms with van der Waals surface area (Å²) in [6.45, 7) is 9.42. The first-order chi connectivity index (χ1) is 18.9. The average molecular weight is 534 g/mol. The highest BCUT2D eigenvalue weighted by molar-refractivity contribution is 6.18. The zero-order valence-corrected chi connectivity index (χ0v) is 22.6. The average Bonchev–Trinajstić information content (AvgIpc) is 3.54. The number of guanidine groups is 1. The van der Waals surface area contributed by atoms with Crippen molar-refractivity contribution in [2.24, 2.45) is 10.9 Å². The lowest BCUT2D eigenvalue weighted by Crippen LogP contribution is -2.50. The molecule has 1 aromatic carbocycles. The van der Waals surface area contributed by atoms with Crippen LogP contribution in [0.3, 0.4) is 0 Å². The molecule has 8 nitrogen and oxygen atoms in total. The lowest BCUT2D eigenvalue weighted by Gasteiger charge is -2.33. The van der Waals surface area contributed by atoms with Gasteiger partial charge in [-0.15, -0.1) is 0 Å². The Bertz CT molecular complexity index is 1430. The Morgan fingerprint density at radius 1 is 1.05 bits per heavy atom. The Hall–Kier alpha value is -3.82. The van der Waals surface area contributed by atoms with Gasteiger partial charge in [-0.05, 0) is 61.9 Å². The Balaban J connectivity index is 1.47. The Labute approximate surface area is 227 Å². The van der Waals surface area contributed by atoms with Crippen molar-refractivity contribution in [3.63, 3.8) is 0 Å². The summed E-state index contributed by atoms with van der Waals surface area (Å²) < 4.78 is 29.9. The molecule has 10 heteroatoms. The molecule has 1 fully saturated rings. The van der Waals surface area contributed by atoms with Gasteiger partial charge in [0.25, 0.3) is 5.91 Å². The third kappa shape index (κ3) is 4.45. The monoisotopic (exact) mass is 533 g/mol. The number of aliphatic imine (C=N–C) groups is 1. The molecule has 0 N–H and O–H groups in total. The van der Waals surface area contributed by atoms with Crippen LogP contribution in [0, 0.1) is 17.6 Å². The second kappa shape index (κ2) is 10.1. The molecule has 3 aliphatic heterocycles. The molecule has 0 bridgehead atoms. The van der Waals surface area contributed by atoms with E-state index in [1.54, 1.807) is 17.2 Å². The number of halogens is 2. The van der Waals surface area contributed by atoms with E-state index in [4.69, 9.17) is 15.0 Å². The fourth-order valence-corrected chi connectivity index (χ4v) is 5.67. The first-order valence-electron chi connectivity index (χ1n) is 13.8. The highest BCUT2D eigenvalue weighted by Crippen LogP contribution is 2.37. The Morgan fingerprint density at radius 3 is 2.51 bits per heavy atom. The van der Waals surface area contributed by atoms with Crippen LogP contribution in [0.2, 0.25) is 0 Å². The number of aromatic nitrogens is 3. The van der Waals surface area contributed by atoms with Crippen LogP contribution in [0.15, 0.2) is 41.5 Å². The van der Waals surface area contributed by atoms with Crippen molar-refractivity contribution in [2.45, 2.75) is 52.6 Å². The molecular weight excluding hydrogens is 500 g/mol. The molecule has 0 unspecified atom stereocenters. The molecule has 3 aromatic rings. The van der Waals surface area contributed by atoms with Gasteiger partial charge in [0.2, 0.25) is 5.96 Å². The fraction of sp³-hybridized carbons (Fsp3) is 0.448. The zero-order valence-electron chi connectivity index (χ0n) is 22.6. The number of anilines is 2.